The fourth-order valence-corrected chi connectivity index (χ4v) is 2.72. The number of morpholine rings is 1. The SMILES string of the molecule is NC(=O)CN1CCC(NC(=O)CC2COCCN2)CC1. The number of likely N-dealkylation sites (tertiary alicyclic amines) is 1. The van der Waals surface area contributed by atoms with Gasteiger partial charge in [-0.1, -0.05) is 0 Å². The van der Waals surface area contributed by atoms with E-state index in [1.807, 2.05) is 4.90 Å². The summed E-state index contributed by atoms with van der Waals surface area (Å²) in [4.78, 5) is 24.8. The molecule has 2 saturated heterocycles. The van der Waals surface area contributed by atoms with Crippen molar-refractivity contribution in [3.8, 4) is 0 Å². The van der Waals surface area contributed by atoms with E-state index < -0.39 is 0 Å². The van der Waals surface area contributed by atoms with E-state index in [4.69, 9.17) is 10.5 Å². The Balaban J connectivity index is 1.64. The van der Waals surface area contributed by atoms with Crippen LogP contribution in [0.3, 0.4) is 0 Å². The van der Waals surface area contributed by atoms with Crippen molar-refractivity contribution in [3.63, 3.8) is 0 Å². The second-order valence-corrected chi connectivity index (χ2v) is 5.51. The van der Waals surface area contributed by atoms with Gasteiger partial charge in [-0.25, -0.2) is 0 Å². The molecule has 0 aromatic rings. The van der Waals surface area contributed by atoms with Gasteiger partial charge in [0.1, 0.15) is 0 Å². The second-order valence-electron chi connectivity index (χ2n) is 5.51. The van der Waals surface area contributed by atoms with Gasteiger partial charge in [0.25, 0.3) is 0 Å². The van der Waals surface area contributed by atoms with E-state index >= 15 is 0 Å². The van der Waals surface area contributed by atoms with E-state index in [0.29, 0.717) is 19.6 Å². The minimum absolute atomic E-state index is 0.0707. The zero-order valence-electron chi connectivity index (χ0n) is 11.8. The minimum atomic E-state index is -0.296. The molecule has 0 saturated carbocycles. The zero-order chi connectivity index (χ0) is 14.4. The number of nitrogens with one attached hydrogen (secondary N) is 2. The van der Waals surface area contributed by atoms with Gasteiger partial charge in [0, 0.05) is 38.1 Å². The number of piperidine rings is 1. The molecule has 0 aromatic heterocycles. The average molecular weight is 284 g/mol. The van der Waals surface area contributed by atoms with Crippen LogP contribution in [-0.4, -0.2) is 68.2 Å². The monoisotopic (exact) mass is 284 g/mol. The Morgan fingerprint density at radius 2 is 2.10 bits per heavy atom. The summed E-state index contributed by atoms with van der Waals surface area (Å²) in [5.74, 6) is -0.225. The third-order valence-corrected chi connectivity index (χ3v) is 3.76. The summed E-state index contributed by atoms with van der Waals surface area (Å²) < 4.78 is 5.33. The van der Waals surface area contributed by atoms with Gasteiger partial charge >= 0.3 is 0 Å². The number of carbonyl (C=O) groups is 2. The fraction of sp³-hybridized carbons (Fsp3) is 0.846. The largest absolute Gasteiger partial charge is 0.378 e. The van der Waals surface area contributed by atoms with Gasteiger partial charge < -0.3 is 21.1 Å². The summed E-state index contributed by atoms with van der Waals surface area (Å²) in [6.07, 6.45) is 2.20. The summed E-state index contributed by atoms with van der Waals surface area (Å²) in [7, 11) is 0. The number of nitrogens with two attached hydrogens (primary N) is 1. The van der Waals surface area contributed by atoms with E-state index in [-0.39, 0.29) is 23.9 Å². The standard InChI is InChI=1S/C13H24N4O3/c14-12(18)8-17-4-1-10(2-5-17)16-13(19)7-11-9-20-6-3-15-11/h10-11,15H,1-9H2,(H2,14,18)(H,16,19). The molecule has 1 unspecified atom stereocenters. The van der Waals surface area contributed by atoms with E-state index in [1.165, 1.54) is 0 Å². The molecule has 0 aliphatic carbocycles. The molecule has 0 aromatic carbocycles. The van der Waals surface area contributed by atoms with Crippen LogP contribution in [0, 0.1) is 0 Å². The number of rotatable bonds is 5. The van der Waals surface area contributed by atoms with Crippen LogP contribution in [0.5, 0.6) is 0 Å². The van der Waals surface area contributed by atoms with Crippen molar-refractivity contribution in [1.29, 1.82) is 0 Å². The highest BCUT2D eigenvalue weighted by molar-refractivity contribution is 5.77. The van der Waals surface area contributed by atoms with Crippen molar-refractivity contribution in [1.82, 2.24) is 15.5 Å². The van der Waals surface area contributed by atoms with Crippen LogP contribution in [0.4, 0.5) is 0 Å². The molecule has 0 spiro atoms. The smallest absolute Gasteiger partial charge is 0.231 e. The van der Waals surface area contributed by atoms with E-state index in [9.17, 15) is 9.59 Å². The molecule has 4 N–H and O–H groups in total. The third kappa shape index (κ3) is 5.07. The summed E-state index contributed by atoms with van der Waals surface area (Å²) in [5.41, 5.74) is 5.17. The molecule has 2 aliphatic rings. The highest BCUT2D eigenvalue weighted by Gasteiger charge is 2.23. The number of primary amides is 1. The topological polar surface area (TPSA) is 96.7 Å². The quantitative estimate of drug-likeness (QED) is 0.567. The first kappa shape index (κ1) is 15.2. The van der Waals surface area contributed by atoms with Gasteiger partial charge in [0.05, 0.1) is 19.8 Å². The molecule has 1 atom stereocenters. The van der Waals surface area contributed by atoms with Gasteiger partial charge in [0.15, 0.2) is 0 Å². The highest BCUT2D eigenvalue weighted by atomic mass is 16.5. The Morgan fingerprint density at radius 1 is 1.35 bits per heavy atom. The molecule has 114 valence electrons. The first-order valence-electron chi connectivity index (χ1n) is 7.24. The maximum absolute atomic E-state index is 11.9. The summed E-state index contributed by atoms with van der Waals surface area (Å²) in [5, 5.41) is 6.33. The lowest BCUT2D eigenvalue weighted by atomic mass is 10.0. The normalized spacial score (nSPS) is 25.3. The molecule has 7 heteroatoms. The van der Waals surface area contributed by atoms with Gasteiger partial charge in [0.2, 0.25) is 11.8 Å². The lowest BCUT2D eigenvalue weighted by Crippen LogP contribution is -2.49. The summed E-state index contributed by atoms with van der Waals surface area (Å²) in [6.45, 7) is 4.05. The van der Waals surface area contributed by atoms with Crippen LogP contribution >= 0.6 is 0 Å². The molecule has 20 heavy (non-hydrogen) atoms. The van der Waals surface area contributed by atoms with Crippen molar-refractivity contribution in [2.75, 3.05) is 39.4 Å². The second kappa shape index (κ2) is 7.56. The first-order valence-corrected chi connectivity index (χ1v) is 7.24. The van der Waals surface area contributed by atoms with Crippen molar-refractivity contribution < 1.29 is 14.3 Å². The predicted molar refractivity (Wildman–Crippen MR) is 74.0 cm³/mol. The summed E-state index contributed by atoms with van der Waals surface area (Å²) in [6, 6.07) is 0.329. The molecular weight excluding hydrogens is 260 g/mol. The molecule has 2 rings (SSSR count). The molecule has 2 amide bonds. The van der Waals surface area contributed by atoms with Crippen LogP contribution in [0.1, 0.15) is 19.3 Å². The summed E-state index contributed by atoms with van der Waals surface area (Å²) >= 11 is 0. The minimum Gasteiger partial charge on any atom is -0.378 e. The van der Waals surface area contributed by atoms with E-state index in [2.05, 4.69) is 10.6 Å². The van der Waals surface area contributed by atoms with Crippen molar-refractivity contribution >= 4 is 11.8 Å². The van der Waals surface area contributed by atoms with Gasteiger partial charge in [-0.3, -0.25) is 14.5 Å². The molecular formula is C13H24N4O3. The van der Waals surface area contributed by atoms with Gasteiger partial charge in [-0.15, -0.1) is 0 Å². The Morgan fingerprint density at radius 3 is 2.70 bits per heavy atom. The van der Waals surface area contributed by atoms with Crippen LogP contribution in [0.25, 0.3) is 0 Å². The lowest BCUT2D eigenvalue weighted by molar-refractivity contribution is -0.124. The van der Waals surface area contributed by atoms with E-state index in [0.717, 1.165) is 39.1 Å². The molecule has 2 heterocycles. The highest BCUT2D eigenvalue weighted by Crippen LogP contribution is 2.10. The fourth-order valence-electron chi connectivity index (χ4n) is 2.72. The van der Waals surface area contributed by atoms with Crippen LogP contribution < -0.4 is 16.4 Å². The first-order chi connectivity index (χ1) is 9.63. The third-order valence-electron chi connectivity index (χ3n) is 3.76. The van der Waals surface area contributed by atoms with Crippen molar-refractivity contribution in [3.05, 3.63) is 0 Å². The molecule has 7 nitrogen and oxygen atoms in total. The zero-order valence-corrected chi connectivity index (χ0v) is 11.8. The number of hydrogen-bond acceptors (Lipinski definition) is 5. The van der Waals surface area contributed by atoms with Gasteiger partial charge in [-0.2, -0.15) is 0 Å². The average Bonchev–Trinajstić information content (AvgIpc) is 2.41. The number of carbonyl (C=O) groups excluding carboxylic acids is 2. The Hall–Kier alpha value is -1.18. The molecule has 0 bridgehead atoms. The number of amides is 2. The van der Waals surface area contributed by atoms with Crippen LogP contribution in [-0.2, 0) is 14.3 Å². The van der Waals surface area contributed by atoms with Gasteiger partial charge in [-0.05, 0) is 12.8 Å². The Labute approximate surface area is 119 Å². The molecule has 2 fully saturated rings. The number of hydrogen-bond donors (Lipinski definition) is 3. The molecule has 0 radical (unpaired) electrons. The Kier molecular flexibility index (Phi) is 5.75. The maximum atomic E-state index is 11.9. The predicted octanol–water partition coefficient (Wildman–Crippen LogP) is -1.57. The number of ether oxygens (including phenoxy) is 1. The molecule has 2 aliphatic heterocycles. The van der Waals surface area contributed by atoms with Crippen LogP contribution in [0.15, 0.2) is 0 Å². The maximum Gasteiger partial charge on any atom is 0.231 e. The lowest BCUT2D eigenvalue weighted by Gasteiger charge is -2.32. The van der Waals surface area contributed by atoms with E-state index in [1.54, 1.807) is 0 Å². The van der Waals surface area contributed by atoms with Crippen LogP contribution in [0.2, 0.25) is 0 Å². The Bertz CT molecular complexity index is 337. The van der Waals surface area contributed by atoms with Crippen molar-refractivity contribution in [2.24, 2.45) is 5.73 Å². The van der Waals surface area contributed by atoms with Crippen molar-refractivity contribution in [2.45, 2.75) is 31.3 Å². The number of nitrogens with zero attached hydrogens (tertiary/aromatic N) is 1.